The molecule has 0 radical (unpaired) electrons. The molecule has 0 unspecified atom stereocenters. The first-order chi connectivity index (χ1) is 12.4. The highest BCUT2D eigenvalue weighted by atomic mass is 16.2. The van der Waals surface area contributed by atoms with Crippen molar-refractivity contribution in [2.24, 2.45) is 0 Å². The Kier molecular flexibility index (Phi) is 4.75. The van der Waals surface area contributed by atoms with Crippen molar-refractivity contribution in [3.05, 3.63) is 59.4 Å². The van der Waals surface area contributed by atoms with E-state index in [0.29, 0.717) is 5.69 Å². The van der Waals surface area contributed by atoms with Gasteiger partial charge >= 0.3 is 6.03 Å². The molecule has 0 bridgehead atoms. The van der Waals surface area contributed by atoms with Gasteiger partial charge in [-0.3, -0.25) is 14.9 Å². The van der Waals surface area contributed by atoms with Crippen LogP contribution in [0.2, 0.25) is 0 Å². The monoisotopic (exact) mass is 351 g/mol. The Bertz CT molecular complexity index is 891. The number of anilines is 1. The quantitative estimate of drug-likeness (QED) is 0.679. The zero-order valence-corrected chi connectivity index (χ0v) is 15.0. The second-order valence-electron chi connectivity index (χ2n) is 6.46. The number of rotatable bonds is 4. The minimum atomic E-state index is -0.735. The minimum absolute atomic E-state index is 0.0642. The molecule has 1 fully saturated rings. The summed E-state index contributed by atoms with van der Waals surface area (Å²) in [5.41, 5.74) is 2.20. The van der Waals surface area contributed by atoms with E-state index in [1.54, 1.807) is 12.1 Å². The Labute approximate surface area is 152 Å². The number of aromatic nitrogens is 1. The number of benzene rings is 1. The van der Waals surface area contributed by atoms with E-state index in [0.717, 1.165) is 22.4 Å². The summed E-state index contributed by atoms with van der Waals surface area (Å²) in [6.45, 7) is 6.10. The van der Waals surface area contributed by atoms with Gasteiger partial charge < -0.3 is 4.57 Å². The van der Waals surface area contributed by atoms with Crippen LogP contribution in [0.4, 0.5) is 10.5 Å². The van der Waals surface area contributed by atoms with Gasteiger partial charge in [0.15, 0.2) is 0 Å². The lowest BCUT2D eigenvalue weighted by Gasteiger charge is -2.26. The van der Waals surface area contributed by atoms with Gasteiger partial charge in [-0.05, 0) is 55.7 Å². The predicted molar refractivity (Wildman–Crippen MR) is 99.6 cm³/mol. The molecule has 4 amide bonds. The van der Waals surface area contributed by atoms with Crippen LogP contribution in [0, 0.1) is 0 Å². The Balaban J connectivity index is 1.95. The summed E-state index contributed by atoms with van der Waals surface area (Å²) in [5, 5.41) is 2.24. The van der Waals surface area contributed by atoms with Gasteiger partial charge in [0.05, 0.1) is 5.69 Å². The van der Waals surface area contributed by atoms with E-state index in [2.05, 4.69) is 5.32 Å². The van der Waals surface area contributed by atoms with Crippen molar-refractivity contribution in [2.45, 2.75) is 33.2 Å². The number of amides is 4. The molecule has 0 aliphatic carbocycles. The highest BCUT2D eigenvalue weighted by Gasteiger charge is 2.36. The third-order valence-corrected chi connectivity index (χ3v) is 4.35. The van der Waals surface area contributed by atoms with Crippen LogP contribution in [0.5, 0.6) is 0 Å². The van der Waals surface area contributed by atoms with Crippen molar-refractivity contribution < 1.29 is 14.4 Å². The molecule has 6 heteroatoms. The number of imide groups is 2. The molecule has 26 heavy (non-hydrogen) atoms. The van der Waals surface area contributed by atoms with Crippen LogP contribution in [0.1, 0.15) is 37.9 Å². The Morgan fingerprint density at radius 2 is 1.77 bits per heavy atom. The number of nitrogens with zero attached hydrogens (tertiary/aromatic N) is 2. The third-order valence-electron chi connectivity index (χ3n) is 4.35. The lowest BCUT2D eigenvalue weighted by Crippen LogP contribution is -2.54. The molecular formula is C20H21N3O3. The molecule has 3 rings (SSSR count). The van der Waals surface area contributed by atoms with E-state index < -0.39 is 17.8 Å². The molecule has 2 heterocycles. The van der Waals surface area contributed by atoms with E-state index in [1.807, 2.05) is 55.9 Å². The summed E-state index contributed by atoms with van der Waals surface area (Å²) in [5.74, 6) is -1.31. The number of carbonyl (C=O) groups excluding carboxylic acids is 3. The first-order valence-corrected chi connectivity index (χ1v) is 8.58. The van der Waals surface area contributed by atoms with Crippen molar-refractivity contribution in [2.75, 3.05) is 4.90 Å². The largest absolute Gasteiger partial charge is 0.351 e. The molecule has 134 valence electrons. The van der Waals surface area contributed by atoms with E-state index >= 15 is 0 Å². The molecule has 1 saturated heterocycles. The molecule has 1 aromatic carbocycles. The maximum atomic E-state index is 12.8. The Morgan fingerprint density at radius 1 is 1.08 bits per heavy atom. The average molecular weight is 351 g/mol. The maximum absolute atomic E-state index is 12.8. The second kappa shape index (κ2) is 7.00. The number of hydrogen-bond acceptors (Lipinski definition) is 3. The third kappa shape index (κ3) is 3.31. The lowest BCUT2D eigenvalue weighted by molar-refractivity contribution is -0.122. The van der Waals surface area contributed by atoms with Crippen molar-refractivity contribution in [1.82, 2.24) is 9.88 Å². The van der Waals surface area contributed by atoms with Crippen LogP contribution in [0.25, 0.3) is 6.08 Å². The van der Waals surface area contributed by atoms with Gasteiger partial charge in [0.25, 0.3) is 11.8 Å². The molecule has 1 N–H and O–H groups in total. The fourth-order valence-electron chi connectivity index (χ4n) is 2.78. The molecule has 1 aliphatic heterocycles. The Morgan fingerprint density at radius 3 is 2.35 bits per heavy atom. The summed E-state index contributed by atoms with van der Waals surface area (Å²) in [6.07, 6.45) is 6.11. The predicted octanol–water partition coefficient (Wildman–Crippen LogP) is 3.30. The number of barbiturate groups is 1. The van der Waals surface area contributed by atoms with Crippen LogP contribution in [0.15, 0.2) is 48.3 Å². The van der Waals surface area contributed by atoms with Gasteiger partial charge in [-0.1, -0.05) is 19.1 Å². The number of urea groups is 1. The summed E-state index contributed by atoms with van der Waals surface area (Å²) in [7, 11) is 0. The summed E-state index contributed by atoms with van der Waals surface area (Å²) in [6, 6.07) is 8.49. The van der Waals surface area contributed by atoms with Crippen molar-refractivity contribution >= 4 is 29.6 Å². The topological polar surface area (TPSA) is 71.4 Å². The van der Waals surface area contributed by atoms with Gasteiger partial charge in [-0.15, -0.1) is 0 Å². The van der Waals surface area contributed by atoms with Gasteiger partial charge in [0, 0.05) is 18.4 Å². The lowest BCUT2D eigenvalue weighted by atomic mass is 10.1. The number of nitrogens with one attached hydrogen (secondary N) is 1. The Hall–Kier alpha value is -3.15. The molecular weight excluding hydrogens is 330 g/mol. The molecule has 1 aliphatic rings. The van der Waals surface area contributed by atoms with E-state index in [1.165, 1.54) is 6.08 Å². The maximum Gasteiger partial charge on any atom is 0.335 e. The fourth-order valence-corrected chi connectivity index (χ4v) is 2.78. The minimum Gasteiger partial charge on any atom is -0.351 e. The van der Waals surface area contributed by atoms with Crippen LogP contribution < -0.4 is 10.2 Å². The number of aryl methyl sites for hydroxylation is 1. The first kappa shape index (κ1) is 17.7. The summed E-state index contributed by atoms with van der Waals surface area (Å²) >= 11 is 0. The molecule has 0 atom stereocenters. The van der Waals surface area contributed by atoms with E-state index in [9.17, 15) is 14.4 Å². The summed E-state index contributed by atoms with van der Waals surface area (Å²) < 4.78 is 1.98. The highest BCUT2D eigenvalue weighted by molar-refractivity contribution is 6.39. The van der Waals surface area contributed by atoms with Crippen LogP contribution in [-0.2, 0) is 16.0 Å². The van der Waals surface area contributed by atoms with Gasteiger partial charge in [0.1, 0.15) is 5.57 Å². The average Bonchev–Trinajstić information content (AvgIpc) is 3.08. The SMILES string of the molecule is CCc1ccc(N2C(=O)NC(=O)/C(=C/c3ccn(C(C)C)c3)C2=O)cc1. The molecule has 0 saturated carbocycles. The molecule has 0 spiro atoms. The number of carbonyl (C=O) groups is 3. The van der Waals surface area contributed by atoms with Crippen LogP contribution in [-0.4, -0.2) is 22.4 Å². The molecule has 6 nitrogen and oxygen atoms in total. The van der Waals surface area contributed by atoms with Gasteiger partial charge in [-0.25, -0.2) is 9.69 Å². The van der Waals surface area contributed by atoms with Crippen LogP contribution >= 0.6 is 0 Å². The first-order valence-electron chi connectivity index (χ1n) is 8.58. The van der Waals surface area contributed by atoms with E-state index in [4.69, 9.17) is 0 Å². The van der Waals surface area contributed by atoms with Crippen molar-refractivity contribution in [3.8, 4) is 0 Å². The number of hydrogen-bond donors (Lipinski definition) is 1. The molecule has 2 aromatic rings. The van der Waals surface area contributed by atoms with Crippen molar-refractivity contribution in [3.63, 3.8) is 0 Å². The zero-order valence-electron chi connectivity index (χ0n) is 15.0. The second-order valence-corrected chi connectivity index (χ2v) is 6.46. The standard InChI is InChI=1S/C20H21N3O3/c1-4-14-5-7-16(8-6-14)23-19(25)17(18(24)21-20(23)26)11-15-9-10-22(12-15)13(2)3/h5-13H,4H2,1-3H3,(H,21,24,26)/b17-11-. The zero-order chi connectivity index (χ0) is 18.8. The molecule has 1 aromatic heterocycles. The van der Waals surface area contributed by atoms with Crippen molar-refractivity contribution in [1.29, 1.82) is 0 Å². The fraction of sp³-hybridized carbons (Fsp3) is 0.250. The van der Waals surface area contributed by atoms with Crippen LogP contribution in [0.3, 0.4) is 0 Å². The summed E-state index contributed by atoms with van der Waals surface area (Å²) in [4.78, 5) is 38.2. The smallest absolute Gasteiger partial charge is 0.335 e. The highest BCUT2D eigenvalue weighted by Crippen LogP contribution is 2.23. The van der Waals surface area contributed by atoms with Gasteiger partial charge in [-0.2, -0.15) is 0 Å². The normalized spacial score (nSPS) is 16.5. The van der Waals surface area contributed by atoms with Gasteiger partial charge in [0.2, 0.25) is 0 Å². The van der Waals surface area contributed by atoms with E-state index in [-0.39, 0.29) is 11.6 Å².